The number of nitrogens with zero attached hydrogens (tertiary/aromatic N) is 2. The molecule has 0 spiro atoms. The van der Waals surface area contributed by atoms with Gasteiger partial charge in [-0.3, -0.25) is 9.59 Å². The van der Waals surface area contributed by atoms with E-state index in [1.807, 2.05) is 42.3 Å². The first-order valence-electron chi connectivity index (χ1n) is 13.3. The predicted octanol–water partition coefficient (Wildman–Crippen LogP) is 5.33. The predicted molar refractivity (Wildman–Crippen MR) is 148 cm³/mol. The summed E-state index contributed by atoms with van der Waals surface area (Å²) in [7, 11) is 3.34. The van der Waals surface area contributed by atoms with Crippen LogP contribution in [0.2, 0.25) is 0 Å². The van der Waals surface area contributed by atoms with E-state index < -0.39 is 35.6 Å². The number of hydrogen-bond donors (Lipinski definition) is 0. The Morgan fingerprint density at radius 3 is 2.32 bits per heavy atom. The van der Waals surface area contributed by atoms with Crippen LogP contribution in [0.25, 0.3) is 0 Å². The first-order valence-corrected chi connectivity index (χ1v) is 13.3. The number of carbonyl (C=O) groups is 2. The Kier molecular flexibility index (Phi) is 9.54. The number of hydrogen-bond acceptors (Lipinski definition) is 6. The third-order valence-corrected chi connectivity index (χ3v) is 7.07. The summed E-state index contributed by atoms with van der Waals surface area (Å²) >= 11 is 0. The van der Waals surface area contributed by atoms with Crippen LogP contribution in [0.4, 0.5) is 18.9 Å². The van der Waals surface area contributed by atoms with Gasteiger partial charge in [0.05, 0.1) is 12.7 Å². The Morgan fingerprint density at radius 2 is 1.68 bits per heavy atom. The molecule has 0 aliphatic carbocycles. The monoisotopic (exact) mass is 570 g/mol. The summed E-state index contributed by atoms with van der Waals surface area (Å²) in [5, 5.41) is 0. The van der Waals surface area contributed by atoms with Crippen LogP contribution < -0.4 is 14.4 Å². The van der Waals surface area contributed by atoms with E-state index in [1.165, 1.54) is 31.1 Å². The second kappa shape index (κ2) is 13.1. The van der Waals surface area contributed by atoms with Gasteiger partial charge in [-0.2, -0.15) is 13.2 Å². The number of amides is 1. The van der Waals surface area contributed by atoms with Crippen LogP contribution >= 0.6 is 0 Å². The van der Waals surface area contributed by atoms with E-state index in [9.17, 15) is 22.8 Å². The van der Waals surface area contributed by atoms with Gasteiger partial charge < -0.3 is 24.0 Å². The average molecular weight is 571 g/mol. The molecule has 10 heteroatoms. The van der Waals surface area contributed by atoms with Crippen LogP contribution in [0.1, 0.15) is 29.5 Å². The molecule has 3 aromatic carbocycles. The van der Waals surface area contributed by atoms with E-state index in [4.69, 9.17) is 14.2 Å². The number of benzene rings is 3. The highest BCUT2D eigenvalue weighted by Gasteiger charge is 2.44. The highest BCUT2D eigenvalue weighted by atomic mass is 19.4. The van der Waals surface area contributed by atoms with Crippen LogP contribution in [0.3, 0.4) is 0 Å². The van der Waals surface area contributed by atoms with Gasteiger partial charge in [-0.05, 0) is 61.0 Å². The zero-order valence-electron chi connectivity index (χ0n) is 23.2. The minimum Gasteiger partial charge on any atom is -0.497 e. The fourth-order valence-electron chi connectivity index (χ4n) is 4.98. The van der Waals surface area contributed by atoms with Crippen molar-refractivity contribution in [2.45, 2.75) is 31.5 Å². The highest BCUT2D eigenvalue weighted by molar-refractivity contribution is 6.00. The van der Waals surface area contributed by atoms with Gasteiger partial charge in [0.15, 0.2) is 6.10 Å². The maximum atomic E-state index is 14.2. The molecule has 0 unspecified atom stereocenters. The van der Waals surface area contributed by atoms with Crippen molar-refractivity contribution in [3.05, 3.63) is 89.5 Å². The Bertz CT molecular complexity index is 1330. The number of methoxy groups -OCH3 is 1. The van der Waals surface area contributed by atoms with E-state index >= 15 is 0 Å². The molecule has 7 nitrogen and oxygen atoms in total. The molecule has 4 rings (SSSR count). The summed E-state index contributed by atoms with van der Waals surface area (Å²) in [5.41, 5.74) is -0.115. The number of anilines is 1. The number of carbonyl (C=O) groups excluding carboxylic acids is 2. The molecule has 0 aromatic heterocycles. The number of esters is 1. The van der Waals surface area contributed by atoms with Gasteiger partial charge in [-0.1, -0.05) is 36.4 Å². The molecule has 0 bridgehead atoms. The number of para-hydroxylation sites is 1. The third-order valence-electron chi connectivity index (χ3n) is 7.07. The standard InChI is InChI=1S/C31H33F3N2O5/c1-21(37)41-29-25(22-12-14-23(39-3)15-13-22)20-26-27(31(32,33)34)10-7-11-28(26)36(30(29)38)17-16-35(2)18-19-40-24-8-5-4-6-9-24/h4-15,25,29H,16-20H2,1-3H3/t25-,29+/m0/s1. The molecule has 41 heavy (non-hydrogen) atoms. The fourth-order valence-corrected chi connectivity index (χ4v) is 4.98. The van der Waals surface area contributed by atoms with Gasteiger partial charge >= 0.3 is 12.1 Å². The van der Waals surface area contributed by atoms with Crippen LogP contribution in [0, 0.1) is 0 Å². The second-order valence-electron chi connectivity index (χ2n) is 9.87. The van der Waals surface area contributed by atoms with Crippen molar-refractivity contribution in [2.24, 2.45) is 0 Å². The summed E-state index contributed by atoms with van der Waals surface area (Å²) in [6.45, 7) is 2.52. The smallest absolute Gasteiger partial charge is 0.416 e. The van der Waals surface area contributed by atoms with E-state index in [0.717, 1.165) is 11.8 Å². The van der Waals surface area contributed by atoms with E-state index in [0.29, 0.717) is 31.0 Å². The quantitative estimate of drug-likeness (QED) is 0.307. The number of halogens is 3. The number of likely N-dealkylation sites (N-methyl/N-ethyl adjacent to an activating group) is 1. The maximum absolute atomic E-state index is 14.2. The Hall–Kier alpha value is -4.05. The van der Waals surface area contributed by atoms with Gasteiger partial charge in [0, 0.05) is 38.2 Å². The van der Waals surface area contributed by atoms with Crippen molar-refractivity contribution in [1.29, 1.82) is 0 Å². The van der Waals surface area contributed by atoms with E-state index in [-0.39, 0.29) is 24.2 Å². The number of rotatable bonds is 10. The Labute approximate surface area is 237 Å². The average Bonchev–Trinajstić information content (AvgIpc) is 3.06. The van der Waals surface area contributed by atoms with Crippen LogP contribution in [-0.4, -0.2) is 63.3 Å². The summed E-state index contributed by atoms with van der Waals surface area (Å²) in [6.07, 6.45) is -6.11. The molecule has 0 saturated carbocycles. The number of alkyl halides is 3. The molecule has 0 radical (unpaired) electrons. The minimum atomic E-state index is -4.64. The third kappa shape index (κ3) is 7.38. The van der Waals surface area contributed by atoms with Crippen molar-refractivity contribution in [3.8, 4) is 11.5 Å². The van der Waals surface area contributed by atoms with Crippen molar-refractivity contribution in [3.63, 3.8) is 0 Å². The fraction of sp³-hybridized carbons (Fsp3) is 0.355. The summed E-state index contributed by atoms with van der Waals surface area (Å²) in [5.74, 6) is -0.838. The molecule has 1 aliphatic heterocycles. The van der Waals surface area contributed by atoms with Crippen molar-refractivity contribution >= 4 is 17.6 Å². The molecule has 3 aromatic rings. The van der Waals surface area contributed by atoms with E-state index in [2.05, 4.69) is 0 Å². The van der Waals surface area contributed by atoms with Crippen molar-refractivity contribution < 1.29 is 37.0 Å². The van der Waals surface area contributed by atoms with Crippen LogP contribution in [0.5, 0.6) is 11.5 Å². The highest BCUT2D eigenvalue weighted by Crippen LogP contribution is 2.43. The summed E-state index contributed by atoms with van der Waals surface area (Å²) < 4.78 is 59.2. The van der Waals surface area contributed by atoms with Crippen molar-refractivity contribution in [1.82, 2.24) is 4.90 Å². The number of ether oxygens (including phenoxy) is 3. The first-order chi connectivity index (χ1) is 19.6. The molecular formula is C31H33F3N2O5. The lowest BCUT2D eigenvalue weighted by atomic mass is 9.86. The van der Waals surface area contributed by atoms with Gasteiger partial charge in [-0.25, -0.2) is 0 Å². The topological polar surface area (TPSA) is 68.3 Å². The van der Waals surface area contributed by atoms with Gasteiger partial charge in [-0.15, -0.1) is 0 Å². The largest absolute Gasteiger partial charge is 0.497 e. The zero-order valence-corrected chi connectivity index (χ0v) is 23.2. The lowest BCUT2D eigenvalue weighted by Gasteiger charge is -2.29. The Morgan fingerprint density at radius 1 is 0.976 bits per heavy atom. The van der Waals surface area contributed by atoms with Crippen LogP contribution in [0.15, 0.2) is 72.8 Å². The second-order valence-corrected chi connectivity index (χ2v) is 9.87. The van der Waals surface area contributed by atoms with Crippen molar-refractivity contribution in [2.75, 3.05) is 45.3 Å². The molecule has 218 valence electrons. The summed E-state index contributed by atoms with van der Waals surface area (Å²) in [4.78, 5) is 29.4. The molecule has 0 N–H and O–H groups in total. The normalized spacial score (nSPS) is 17.1. The van der Waals surface area contributed by atoms with E-state index in [1.54, 1.807) is 24.3 Å². The molecule has 1 heterocycles. The first kappa shape index (κ1) is 29.9. The van der Waals surface area contributed by atoms with Gasteiger partial charge in [0.2, 0.25) is 0 Å². The SMILES string of the molecule is COc1ccc([C@@H]2Cc3c(cccc3C(F)(F)F)N(CCN(C)CCOc3ccccc3)C(=O)[C@@H]2OC(C)=O)cc1. The molecular weight excluding hydrogens is 537 g/mol. The van der Waals surface area contributed by atoms with Gasteiger partial charge in [0.25, 0.3) is 5.91 Å². The lowest BCUT2D eigenvalue weighted by molar-refractivity contribution is -0.154. The minimum absolute atomic E-state index is 0.0149. The zero-order chi connectivity index (χ0) is 29.6. The molecule has 1 aliphatic rings. The lowest BCUT2D eigenvalue weighted by Crippen LogP contribution is -2.46. The number of fused-ring (bicyclic) bond motifs is 1. The molecule has 2 atom stereocenters. The maximum Gasteiger partial charge on any atom is 0.416 e. The molecule has 0 fully saturated rings. The Balaban J connectivity index is 1.65. The summed E-state index contributed by atoms with van der Waals surface area (Å²) in [6, 6.07) is 19.8. The molecule has 0 saturated heterocycles. The molecule has 1 amide bonds. The van der Waals surface area contributed by atoms with Crippen LogP contribution in [-0.2, 0) is 26.9 Å². The van der Waals surface area contributed by atoms with Gasteiger partial charge in [0.1, 0.15) is 18.1 Å².